The molecule has 0 aromatic heterocycles. The second-order valence-electron chi connectivity index (χ2n) is 5.04. The van der Waals surface area contributed by atoms with Crippen molar-refractivity contribution in [2.75, 3.05) is 23.8 Å². The molecular weight excluding hydrogens is 236 g/mol. The first kappa shape index (κ1) is 11.9. The Kier molecular flexibility index (Phi) is 3.03. The Labute approximate surface area is 113 Å². The Hall–Kier alpha value is -2.16. The van der Waals surface area contributed by atoms with E-state index < -0.39 is 0 Å². The highest BCUT2D eigenvalue weighted by Gasteiger charge is 2.13. The molecule has 3 heteroatoms. The second kappa shape index (κ2) is 4.84. The van der Waals surface area contributed by atoms with Gasteiger partial charge in [-0.2, -0.15) is 0 Å². The molecule has 19 heavy (non-hydrogen) atoms. The minimum atomic E-state index is 0.280. The maximum atomic E-state index is 9.47. The highest BCUT2D eigenvalue weighted by atomic mass is 16.3. The zero-order chi connectivity index (χ0) is 13.2. The summed E-state index contributed by atoms with van der Waals surface area (Å²) in [6.07, 6.45) is 2.34. The van der Waals surface area contributed by atoms with Gasteiger partial charge in [-0.25, -0.2) is 0 Å². The molecule has 0 unspecified atom stereocenters. The van der Waals surface area contributed by atoms with Gasteiger partial charge in [0.1, 0.15) is 5.75 Å². The average molecular weight is 254 g/mol. The molecule has 2 aromatic carbocycles. The van der Waals surface area contributed by atoms with Gasteiger partial charge < -0.3 is 15.3 Å². The van der Waals surface area contributed by atoms with Crippen molar-refractivity contribution in [1.29, 1.82) is 0 Å². The zero-order valence-electron chi connectivity index (χ0n) is 11.1. The van der Waals surface area contributed by atoms with Gasteiger partial charge in [0.25, 0.3) is 0 Å². The molecule has 0 radical (unpaired) electrons. The van der Waals surface area contributed by atoms with Crippen LogP contribution in [0.3, 0.4) is 0 Å². The number of rotatable bonds is 2. The van der Waals surface area contributed by atoms with E-state index in [-0.39, 0.29) is 5.75 Å². The van der Waals surface area contributed by atoms with Gasteiger partial charge in [-0.3, -0.25) is 0 Å². The van der Waals surface area contributed by atoms with E-state index in [1.807, 2.05) is 12.1 Å². The van der Waals surface area contributed by atoms with Crippen molar-refractivity contribution in [2.45, 2.75) is 12.8 Å². The van der Waals surface area contributed by atoms with Gasteiger partial charge in [0.2, 0.25) is 0 Å². The summed E-state index contributed by atoms with van der Waals surface area (Å²) in [7, 11) is 2.14. The minimum absolute atomic E-state index is 0.280. The van der Waals surface area contributed by atoms with Crippen molar-refractivity contribution in [1.82, 2.24) is 0 Å². The number of fused-ring (bicyclic) bond motifs is 1. The van der Waals surface area contributed by atoms with E-state index in [1.54, 1.807) is 12.1 Å². The summed E-state index contributed by atoms with van der Waals surface area (Å²) in [6, 6.07) is 13.6. The molecule has 3 rings (SSSR count). The van der Waals surface area contributed by atoms with Crippen LogP contribution < -0.4 is 10.2 Å². The van der Waals surface area contributed by atoms with Crippen LogP contribution in [0.25, 0.3) is 0 Å². The van der Waals surface area contributed by atoms with E-state index in [2.05, 4.69) is 35.5 Å². The van der Waals surface area contributed by atoms with Gasteiger partial charge >= 0.3 is 0 Å². The van der Waals surface area contributed by atoms with Crippen molar-refractivity contribution in [3.63, 3.8) is 0 Å². The Morgan fingerprint density at radius 2 is 1.95 bits per heavy atom. The maximum absolute atomic E-state index is 9.47. The minimum Gasteiger partial charge on any atom is -0.508 e. The molecule has 0 amide bonds. The maximum Gasteiger partial charge on any atom is 0.117 e. The van der Waals surface area contributed by atoms with Crippen LogP contribution >= 0.6 is 0 Å². The molecule has 98 valence electrons. The summed E-state index contributed by atoms with van der Waals surface area (Å²) in [5, 5.41) is 12.8. The van der Waals surface area contributed by atoms with E-state index in [0.717, 1.165) is 24.3 Å². The first-order valence-corrected chi connectivity index (χ1v) is 6.62. The molecule has 1 aliphatic rings. The van der Waals surface area contributed by atoms with Crippen molar-refractivity contribution >= 4 is 17.1 Å². The summed E-state index contributed by atoms with van der Waals surface area (Å²) in [5.41, 5.74) is 4.69. The highest BCUT2D eigenvalue weighted by Crippen LogP contribution is 2.30. The van der Waals surface area contributed by atoms with Gasteiger partial charge in [0, 0.05) is 36.7 Å². The Morgan fingerprint density at radius 3 is 2.79 bits per heavy atom. The standard InChI is InChI=1S/C16H18N2O/c1-18-9-3-4-12-10-14(7-8-16(12)18)17-13-5-2-6-15(19)11-13/h2,5-8,10-11,17,19H,3-4,9H2,1H3. The average Bonchev–Trinajstić information content (AvgIpc) is 2.39. The Bertz CT molecular complexity index is 595. The molecule has 0 spiro atoms. The fraction of sp³-hybridized carbons (Fsp3) is 0.250. The van der Waals surface area contributed by atoms with Crippen LogP contribution in [0.5, 0.6) is 5.75 Å². The van der Waals surface area contributed by atoms with Gasteiger partial charge in [-0.05, 0) is 48.7 Å². The predicted octanol–water partition coefficient (Wildman–Crippen LogP) is 3.52. The lowest BCUT2D eigenvalue weighted by molar-refractivity contribution is 0.475. The second-order valence-corrected chi connectivity index (χ2v) is 5.04. The summed E-state index contributed by atoms with van der Waals surface area (Å²) in [6.45, 7) is 1.13. The molecule has 0 fully saturated rings. The lowest BCUT2D eigenvalue weighted by Crippen LogP contribution is -2.24. The van der Waals surface area contributed by atoms with Gasteiger partial charge in [-0.15, -0.1) is 0 Å². The fourth-order valence-electron chi connectivity index (χ4n) is 2.61. The molecule has 0 saturated carbocycles. The summed E-state index contributed by atoms with van der Waals surface area (Å²) >= 11 is 0. The number of nitrogens with zero attached hydrogens (tertiary/aromatic N) is 1. The molecule has 1 heterocycles. The quantitative estimate of drug-likeness (QED) is 0.860. The SMILES string of the molecule is CN1CCCc2cc(Nc3cccc(O)c3)ccc21. The Morgan fingerprint density at radius 1 is 1.11 bits per heavy atom. The van der Waals surface area contributed by atoms with E-state index >= 15 is 0 Å². The zero-order valence-corrected chi connectivity index (χ0v) is 11.1. The van der Waals surface area contributed by atoms with Crippen LogP contribution in [-0.4, -0.2) is 18.7 Å². The number of hydrogen-bond acceptors (Lipinski definition) is 3. The third kappa shape index (κ3) is 2.50. The first-order chi connectivity index (χ1) is 9.22. The number of anilines is 3. The number of phenolic OH excluding ortho intramolecular Hbond substituents is 1. The number of aromatic hydroxyl groups is 1. The van der Waals surface area contributed by atoms with Crippen LogP contribution in [0.2, 0.25) is 0 Å². The lowest BCUT2D eigenvalue weighted by atomic mass is 10.0. The van der Waals surface area contributed by atoms with Crippen molar-refractivity contribution in [2.24, 2.45) is 0 Å². The molecule has 2 N–H and O–H groups in total. The predicted molar refractivity (Wildman–Crippen MR) is 79.4 cm³/mol. The summed E-state index contributed by atoms with van der Waals surface area (Å²) < 4.78 is 0. The van der Waals surface area contributed by atoms with Gasteiger partial charge in [0.15, 0.2) is 0 Å². The normalized spacial score (nSPS) is 14.1. The summed E-state index contributed by atoms with van der Waals surface area (Å²) in [5.74, 6) is 0.280. The molecule has 0 aliphatic carbocycles. The number of aryl methyl sites for hydroxylation is 1. The third-order valence-electron chi connectivity index (χ3n) is 3.57. The molecule has 1 aliphatic heterocycles. The van der Waals surface area contributed by atoms with E-state index in [0.29, 0.717) is 0 Å². The van der Waals surface area contributed by atoms with E-state index in [1.165, 1.54) is 17.7 Å². The van der Waals surface area contributed by atoms with Gasteiger partial charge in [-0.1, -0.05) is 6.07 Å². The lowest BCUT2D eigenvalue weighted by Gasteiger charge is -2.27. The van der Waals surface area contributed by atoms with Gasteiger partial charge in [0.05, 0.1) is 0 Å². The smallest absolute Gasteiger partial charge is 0.117 e. The van der Waals surface area contributed by atoms with Crippen molar-refractivity contribution in [3.05, 3.63) is 48.0 Å². The van der Waals surface area contributed by atoms with Crippen LogP contribution in [0.1, 0.15) is 12.0 Å². The monoisotopic (exact) mass is 254 g/mol. The number of benzene rings is 2. The molecule has 0 bridgehead atoms. The first-order valence-electron chi connectivity index (χ1n) is 6.62. The number of phenols is 1. The molecular formula is C16H18N2O. The third-order valence-corrected chi connectivity index (χ3v) is 3.57. The van der Waals surface area contributed by atoms with E-state index in [9.17, 15) is 5.11 Å². The number of nitrogens with one attached hydrogen (secondary N) is 1. The van der Waals surface area contributed by atoms with Crippen LogP contribution in [0.15, 0.2) is 42.5 Å². The van der Waals surface area contributed by atoms with E-state index in [4.69, 9.17) is 0 Å². The Balaban J connectivity index is 1.86. The molecule has 2 aromatic rings. The molecule has 0 saturated heterocycles. The molecule has 3 nitrogen and oxygen atoms in total. The highest BCUT2D eigenvalue weighted by molar-refractivity contribution is 5.67. The largest absolute Gasteiger partial charge is 0.508 e. The van der Waals surface area contributed by atoms with Crippen LogP contribution in [0, 0.1) is 0 Å². The topological polar surface area (TPSA) is 35.5 Å². The summed E-state index contributed by atoms with van der Waals surface area (Å²) in [4.78, 5) is 2.30. The van der Waals surface area contributed by atoms with Crippen LogP contribution in [-0.2, 0) is 6.42 Å². The molecule has 0 atom stereocenters. The number of hydrogen-bond donors (Lipinski definition) is 2. The fourth-order valence-corrected chi connectivity index (χ4v) is 2.61. The van der Waals surface area contributed by atoms with Crippen molar-refractivity contribution in [3.8, 4) is 5.75 Å². The van der Waals surface area contributed by atoms with Crippen molar-refractivity contribution < 1.29 is 5.11 Å². The van der Waals surface area contributed by atoms with Crippen LogP contribution in [0.4, 0.5) is 17.1 Å².